The molecule has 1 aliphatic carbocycles. The van der Waals surface area contributed by atoms with Gasteiger partial charge in [-0.1, -0.05) is 19.9 Å². The van der Waals surface area contributed by atoms with Crippen molar-refractivity contribution in [3.63, 3.8) is 0 Å². The Morgan fingerprint density at radius 2 is 2.06 bits per heavy atom. The van der Waals surface area contributed by atoms with E-state index in [2.05, 4.69) is 0 Å². The van der Waals surface area contributed by atoms with E-state index < -0.39 is 26.9 Å². The van der Waals surface area contributed by atoms with Gasteiger partial charge in [-0.2, -0.15) is 0 Å². The summed E-state index contributed by atoms with van der Waals surface area (Å²) in [5.74, 6) is -0.540. The van der Waals surface area contributed by atoms with Gasteiger partial charge < -0.3 is 5.73 Å². The van der Waals surface area contributed by atoms with Crippen LogP contribution in [0.2, 0.25) is 0 Å². The smallest absolute Gasteiger partial charge is 0.182 e. The zero-order chi connectivity index (χ0) is 13.6. The number of benzene rings is 1. The summed E-state index contributed by atoms with van der Waals surface area (Å²) in [5, 5.41) is -0.616. The van der Waals surface area contributed by atoms with E-state index >= 15 is 0 Å². The summed E-state index contributed by atoms with van der Waals surface area (Å²) >= 11 is 0. The Morgan fingerprint density at radius 1 is 1.39 bits per heavy atom. The number of nitrogens with two attached hydrogens (primary N) is 1. The molecule has 1 saturated carbocycles. The second-order valence-corrected chi connectivity index (χ2v) is 7.76. The molecule has 0 heterocycles. The Bertz CT molecular complexity index is 554. The minimum absolute atomic E-state index is 0.0284. The van der Waals surface area contributed by atoms with Crippen LogP contribution in [0.15, 0.2) is 29.2 Å². The second-order valence-electron chi connectivity index (χ2n) is 5.59. The zero-order valence-electron chi connectivity index (χ0n) is 10.6. The Labute approximate surface area is 107 Å². The van der Waals surface area contributed by atoms with Crippen molar-refractivity contribution in [3.8, 4) is 0 Å². The fraction of sp³-hybridized carbons (Fsp3) is 0.538. The van der Waals surface area contributed by atoms with Gasteiger partial charge in [0.25, 0.3) is 0 Å². The maximum Gasteiger partial charge on any atom is 0.182 e. The predicted octanol–water partition coefficient (Wildman–Crippen LogP) is 2.12. The van der Waals surface area contributed by atoms with Crippen LogP contribution in [0.3, 0.4) is 0 Å². The van der Waals surface area contributed by atoms with Crippen molar-refractivity contribution >= 4 is 9.84 Å². The van der Waals surface area contributed by atoms with Gasteiger partial charge in [-0.05, 0) is 36.5 Å². The van der Waals surface area contributed by atoms with Crippen LogP contribution in [-0.4, -0.2) is 19.7 Å². The van der Waals surface area contributed by atoms with E-state index in [1.165, 1.54) is 18.2 Å². The molecule has 18 heavy (non-hydrogen) atoms. The highest BCUT2D eigenvalue weighted by Gasteiger charge is 2.46. The molecule has 2 unspecified atom stereocenters. The van der Waals surface area contributed by atoms with Crippen molar-refractivity contribution in [2.45, 2.75) is 42.9 Å². The molecule has 2 rings (SSSR count). The third kappa shape index (κ3) is 2.17. The van der Waals surface area contributed by atoms with Crippen LogP contribution in [-0.2, 0) is 9.84 Å². The van der Waals surface area contributed by atoms with Gasteiger partial charge in [0.15, 0.2) is 9.84 Å². The first-order valence-electron chi connectivity index (χ1n) is 6.00. The van der Waals surface area contributed by atoms with Gasteiger partial charge in [-0.15, -0.1) is 0 Å². The molecule has 0 bridgehead atoms. The lowest BCUT2D eigenvalue weighted by molar-refractivity contribution is 0.332. The molecule has 0 aromatic heterocycles. The minimum atomic E-state index is -3.55. The zero-order valence-corrected chi connectivity index (χ0v) is 11.4. The average molecular weight is 271 g/mol. The number of hydrogen-bond donors (Lipinski definition) is 1. The van der Waals surface area contributed by atoms with Crippen LogP contribution in [0.4, 0.5) is 4.39 Å². The van der Waals surface area contributed by atoms with Crippen LogP contribution in [0, 0.1) is 11.2 Å². The lowest BCUT2D eigenvalue weighted by Crippen LogP contribution is -2.43. The fourth-order valence-corrected chi connectivity index (χ4v) is 4.61. The summed E-state index contributed by atoms with van der Waals surface area (Å²) in [6.45, 7) is 3.94. The second kappa shape index (κ2) is 4.31. The summed E-state index contributed by atoms with van der Waals surface area (Å²) in [7, 11) is -3.55. The molecule has 0 aliphatic heterocycles. The minimum Gasteiger partial charge on any atom is -0.326 e. The predicted molar refractivity (Wildman–Crippen MR) is 68.4 cm³/mol. The lowest BCUT2D eigenvalue weighted by Gasteiger charge is -2.26. The molecule has 5 heteroatoms. The molecule has 0 saturated heterocycles. The first-order valence-corrected chi connectivity index (χ1v) is 7.55. The molecule has 3 nitrogen and oxygen atoms in total. The highest BCUT2D eigenvalue weighted by atomic mass is 32.2. The first kappa shape index (κ1) is 13.5. The summed E-state index contributed by atoms with van der Waals surface area (Å²) in [6.07, 6.45) is 1.31. The topological polar surface area (TPSA) is 60.2 Å². The lowest BCUT2D eigenvalue weighted by atomic mass is 9.88. The van der Waals surface area contributed by atoms with E-state index in [4.69, 9.17) is 5.73 Å². The molecule has 100 valence electrons. The van der Waals surface area contributed by atoms with E-state index in [-0.39, 0.29) is 10.3 Å². The molecule has 0 radical (unpaired) electrons. The van der Waals surface area contributed by atoms with Gasteiger partial charge in [-0.25, -0.2) is 12.8 Å². The Kier molecular flexibility index (Phi) is 3.23. The quantitative estimate of drug-likeness (QED) is 0.896. The van der Waals surface area contributed by atoms with Gasteiger partial charge in [0.05, 0.1) is 10.1 Å². The van der Waals surface area contributed by atoms with Gasteiger partial charge in [0.2, 0.25) is 0 Å². The number of rotatable bonds is 2. The highest BCUT2D eigenvalue weighted by molar-refractivity contribution is 7.92. The molecular formula is C13H18FNO2S. The van der Waals surface area contributed by atoms with Crippen molar-refractivity contribution in [2.75, 3.05) is 0 Å². The summed E-state index contributed by atoms with van der Waals surface area (Å²) in [5.41, 5.74) is 5.86. The molecule has 1 aromatic rings. The molecule has 2 N–H and O–H groups in total. The SMILES string of the molecule is CC1(C)CCC(S(=O)(=O)c2cccc(F)c2)C1N. The van der Waals surface area contributed by atoms with Gasteiger partial charge in [-0.3, -0.25) is 0 Å². The first-order chi connectivity index (χ1) is 8.25. The maximum absolute atomic E-state index is 13.1. The Hall–Kier alpha value is -0.940. The summed E-state index contributed by atoms with van der Waals surface area (Å²) in [4.78, 5) is 0.0284. The van der Waals surface area contributed by atoms with E-state index in [0.29, 0.717) is 6.42 Å². The largest absolute Gasteiger partial charge is 0.326 e. The Balaban J connectivity index is 2.39. The summed E-state index contributed by atoms with van der Waals surface area (Å²) < 4.78 is 38.0. The van der Waals surface area contributed by atoms with Gasteiger partial charge >= 0.3 is 0 Å². The van der Waals surface area contributed by atoms with Crippen LogP contribution in [0.25, 0.3) is 0 Å². The number of halogens is 1. The van der Waals surface area contributed by atoms with E-state index in [1.807, 2.05) is 13.8 Å². The van der Waals surface area contributed by atoms with Crippen LogP contribution < -0.4 is 5.73 Å². The van der Waals surface area contributed by atoms with E-state index in [1.54, 1.807) is 0 Å². The fourth-order valence-electron chi connectivity index (χ4n) is 2.53. The third-order valence-electron chi connectivity index (χ3n) is 3.90. The molecule has 1 aromatic carbocycles. The third-order valence-corrected chi connectivity index (χ3v) is 6.14. The van der Waals surface area contributed by atoms with Crippen molar-refractivity contribution in [1.29, 1.82) is 0 Å². The normalized spacial score (nSPS) is 27.3. The standard InChI is InChI=1S/C13H18FNO2S/c1-13(2)7-6-11(12(13)15)18(16,17)10-5-3-4-9(14)8-10/h3-5,8,11-12H,6-7,15H2,1-2H3. The monoisotopic (exact) mass is 271 g/mol. The van der Waals surface area contributed by atoms with E-state index in [0.717, 1.165) is 12.5 Å². The number of sulfone groups is 1. The molecular weight excluding hydrogens is 253 g/mol. The molecule has 0 amide bonds. The molecule has 1 aliphatic rings. The van der Waals surface area contributed by atoms with Crippen molar-refractivity contribution in [3.05, 3.63) is 30.1 Å². The summed E-state index contributed by atoms with van der Waals surface area (Å²) in [6, 6.07) is 4.72. The van der Waals surface area contributed by atoms with Gasteiger partial charge in [0, 0.05) is 6.04 Å². The average Bonchev–Trinajstić information content (AvgIpc) is 2.54. The van der Waals surface area contributed by atoms with E-state index in [9.17, 15) is 12.8 Å². The van der Waals surface area contributed by atoms with Crippen molar-refractivity contribution in [1.82, 2.24) is 0 Å². The van der Waals surface area contributed by atoms with Crippen molar-refractivity contribution < 1.29 is 12.8 Å². The molecule has 2 atom stereocenters. The van der Waals surface area contributed by atoms with Crippen molar-refractivity contribution in [2.24, 2.45) is 11.1 Å². The van der Waals surface area contributed by atoms with Crippen LogP contribution >= 0.6 is 0 Å². The maximum atomic E-state index is 13.1. The highest BCUT2D eigenvalue weighted by Crippen LogP contribution is 2.41. The molecule has 0 spiro atoms. The Morgan fingerprint density at radius 3 is 2.56 bits per heavy atom. The van der Waals surface area contributed by atoms with Crippen LogP contribution in [0.5, 0.6) is 0 Å². The van der Waals surface area contributed by atoms with Crippen LogP contribution in [0.1, 0.15) is 26.7 Å². The van der Waals surface area contributed by atoms with Gasteiger partial charge in [0.1, 0.15) is 5.82 Å². The molecule has 1 fully saturated rings. The number of hydrogen-bond acceptors (Lipinski definition) is 3.